The van der Waals surface area contributed by atoms with Gasteiger partial charge in [0.05, 0.1) is 19.6 Å². The number of nitriles is 2. The first-order chi connectivity index (χ1) is 14.5. The monoisotopic (exact) mass is 502 g/mol. The average molecular weight is 502 g/mol. The molecule has 155 valence electrons. The van der Waals surface area contributed by atoms with Gasteiger partial charge in [-0.05, 0) is 20.8 Å². The van der Waals surface area contributed by atoms with E-state index in [9.17, 15) is 15.9 Å². The summed E-state index contributed by atoms with van der Waals surface area (Å²) in [7, 11) is 0. The summed E-state index contributed by atoms with van der Waals surface area (Å²) in [6, 6.07) is 11.2. The number of quaternary nitrogens is 1. The topological polar surface area (TPSA) is 86.7 Å². The van der Waals surface area contributed by atoms with E-state index in [0.717, 1.165) is 9.75 Å². The first-order valence-electron chi connectivity index (χ1n) is 9.77. The molecule has 0 saturated heterocycles. The molecule has 1 aliphatic rings. The molecule has 8 heteroatoms. The van der Waals surface area contributed by atoms with Gasteiger partial charge in [-0.2, -0.15) is 0 Å². The molecule has 3 heterocycles. The van der Waals surface area contributed by atoms with Crippen molar-refractivity contribution in [1.29, 1.82) is 10.5 Å². The van der Waals surface area contributed by atoms with E-state index in [2.05, 4.69) is 59.8 Å². The van der Waals surface area contributed by atoms with Crippen LogP contribution in [0.15, 0.2) is 45.6 Å². The zero-order chi connectivity index (χ0) is 22.1. The minimum atomic E-state index is -1.44. The van der Waals surface area contributed by atoms with Crippen LogP contribution in [0.4, 0.5) is 0 Å². The Labute approximate surface area is 194 Å². The Hall–Kier alpha value is -2.02. The summed E-state index contributed by atoms with van der Waals surface area (Å²) >= 11 is 5.73. The van der Waals surface area contributed by atoms with Gasteiger partial charge in [0.2, 0.25) is 0 Å². The maximum absolute atomic E-state index is 9.91. The van der Waals surface area contributed by atoms with E-state index in [1.165, 1.54) is 42.3 Å². The molecular weight excluding hydrogens is 477 g/mol. The van der Waals surface area contributed by atoms with Gasteiger partial charge in [0.1, 0.15) is 0 Å². The molecule has 1 radical (unpaired) electrons. The molecule has 2 unspecified atom stereocenters. The number of allylic oxidation sites excluding steroid dienone is 1. The van der Waals surface area contributed by atoms with Gasteiger partial charge in [-0.15, -0.1) is 0 Å². The Bertz CT molecular complexity index is 952. The van der Waals surface area contributed by atoms with E-state index in [1.54, 1.807) is 4.90 Å². The Morgan fingerprint density at radius 1 is 1.07 bits per heavy atom. The third-order valence-electron chi connectivity index (χ3n) is 5.28. The molecule has 30 heavy (non-hydrogen) atoms. The van der Waals surface area contributed by atoms with Crippen LogP contribution in [0.5, 0.6) is 0 Å². The molecule has 2 aromatic heterocycles. The minimum absolute atomic E-state index is 0.350. The first kappa shape index (κ1) is 24.3. The number of nitrogens with zero attached hydrogens (tertiary/aromatic N) is 4. The molecule has 0 saturated carbocycles. The van der Waals surface area contributed by atoms with Crippen molar-refractivity contribution in [2.75, 3.05) is 19.6 Å². The summed E-state index contributed by atoms with van der Waals surface area (Å²) in [5.74, 6) is 1.54. The van der Waals surface area contributed by atoms with Crippen molar-refractivity contribution in [3.63, 3.8) is 0 Å². The van der Waals surface area contributed by atoms with Crippen LogP contribution in [-0.2, 0) is 0 Å². The molecule has 0 aromatic carbocycles. The third-order valence-corrected chi connectivity index (χ3v) is 7.83. The van der Waals surface area contributed by atoms with Crippen molar-refractivity contribution < 1.29 is 4.90 Å². The predicted molar refractivity (Wildman–Crippen MR) is 125 cm³/mol. The molecule has 0 amide bonds. The fourth-order valence-corrected chi connectivity index (χ4v) is 5.81. The van der Waals surface area contributed by atoms with E-state index >= 15 is 0 Å². The van der Waals surface area contributed by atoms with Gasteiger partial charge in [-0.3, -0.25) is 0 Å². The number of hydrogen-bond donors (Lipinski definition) is 1. The molecule has 2 aromatic rings. The molecule has 0 spiro atoms. The molecule has 0 aliphatic carbocycles. The van der Waals surface area contributed by atoms with Gasteiger partial charge in [0.25, 0.3) is 0 Å². The predicted octanol–water partition coefficient (Wildman–Crippen LogP) is 3.35. The van der Waals surface area contributed by atoms with Gasteiger partial charge in [0, 0.05) is 0 Å². The van der Waals surface area contributed by atoms with Gasteiger partial charge in [-0.25, -0.2) is 0 Å². The summed E-state index contributed by atoms with van der Waals surface area (Å²) in [5, 5.41) is 33.2. The summed E-state index contributed by atoms with van der Waals surface area (Å²) in [5.41, 5.74) is -1.09. The van der Waals surface area contributed by atoms with E-state index in [-0.39, 0.29) is 0 Å². The van der Waals surface area contributed by atoms with E-state index in [4.69, 9.17) is 0 Å². The Morgan fingerprint density at radius 3 is 1.97 bits per heavy atom. The molecule has 0 fully saturated rings. The van der Waals surface area contributed by atoms with E-state index in [1.807, 2.05) is 35.0 Å². The molecule has 1 aliphatic heterocycles. The molecule has 5 nitrogen and oxygen atoms in total. The van der Waals surface area contributed by atoms with Crippen LogP contribution in [0.1, 0.15) is 42.5 Å². The molecule has 3 rings (SSSR count). The zero-order valence-corrected chi connectivity index (χ0v) is 20.6. The second-order valence-corrected chi connectivity index (χ2v) is 9.50. The molecule has 2 atom stereocenters. The van der Waals surface area contributed by atoms with Gasteiger partial charge in [0.15, 0.2) is 0 Å². The fourth-order valence-electron chi connectivity index (χ4n) is 3.49. The Kier molecular flexibility index (Phi) is 9.21. The first-order valence-corrected chi connectivity index (χ1v) is 12.4. The summed E-state index contributed by atoms with van der Waals surface area (Å²) in [6.45, 7) is 10.5. The SMILES string of the molecule is CC[NH+](CC)CC.N#CC1(C#N)C(c2cccs2)N=C([Se])C(=C=[N-])C1c1cccs1. The Balaban J connectivity index is 0.000000396. The third kappa shape index (κ3) is 4.82. The number of rotatable bonds is 5. The molecule has 1 N–H and O–H groups in total. The summed E-state index contributed by atoms with van der Waals surface area (Å²) in [6.07, 6.45) is 0. The van der Waals surface area contributed by atoms with E-state index < -0.39 is 17.4 Å². The molecular formula is C22H24N5S2Se. The number of thiophene rings is 2. The van der Waals surface area contributed by atoms with Crippen LogP contribution in [-0.4, -0.2) is 46.1 Å². The fraction of sp³-hybridized carbons (Fsp3) is 0.409. The van der Waals surface area contributed by atoms with Crippen LogP contribution in [0.2, 0.25) is 0 Å². The van der Waals surface area contributed by atoms with Crippen molar-refractivity contribution >= 4 is 49.2 Å². The zero-order valence-electron chi connectivity index (χ0n) is 17.3. The standard InChI is InChI=1S/C16H8N4S2Se.C6H15N/c17-7-10-13(11-3-1-5-21-11)16(8-18,9-19)14(20-15(10)23)12-4-2-6-22-12;1-4-7(5-2)6-3/h1-6,13-14H;4-6H2,1-3H3/q-1;/p+1. The van der Waals surface area contributed by atoms with E-state index in [0.29, 0.717) is 10.2 Å². The van der Waals surface area contributed by atoms with Gasteiger partial charge < -0.3 is 4.90 Å². The summed E-state index contributed by atoms with van der Waals surface area (Å²) < 4.78 is 0.477. The number of hydrogen-bond acceptors (Lipinski definition) is 5. The van der Waals surface area contributed by atoms with Crippen molar-refractivity contribution in [2.45, 2.75) is 32.7 Å². The number of aliphatic imine (C=N–C) groups is 1. The van der Waals surface area contributed by atoms with Gasteiger partial charge in [-0.1, -0.05) is 0 Å². The van der Waals surface area contributed by atoms with Crippen LogP contribution >= 0.6 is 22.7 Å². The average Bonchev–Trinajstić information content (AvgIpc) is 3.49. The summed E-state index contributed by atoms with van der Waals surface area (Å²) in [4.78, 5) is 7.86. The van der Waals surface area contributed by atoms with Crippen LogP contribution in [0, 0.1) is 28.1 Å². The van der Waals surface area contributed by atoms with Crippen molar-refractivity contribution in [3.05, 3.63) is 55.8 Å². The van der Waals surface area contributed by atoms with Crippen molar-refractivity contribution in [3.8, 4) is 12.1 Å². The quantitative estimate of drug-likeness (QED) is 0.503. The van der Waals surface area contributed by atoms with Crippen molar-refractivity contribution in [1.82, 2.24) is 0 Å². The van der Waals surface area contributed by atoms with Gasteiger partial charge >= 0.3 is 150 Å². The van der Waals surface area contributed by atoms with Crippen LogP contribution < -0.4 is 4.90 Å². The Morgan fingerprint density at radius 2 is 1.60 bits per heavy atom. The molecule has 0 bridgehead atoms. The normalized spacial score (nSPS) is 19.7. The maximum atomic E-state index is 9.91. The van der Waals surface area contributed by atoms with Crippen LogP contribution in [0.3, 0.4) is 0 Å². The second kappa shape index (κ2) is 11.4. The number of nitrogens with one attached hydrogen (secondary N) is 1. The second-order valence-electron chi connectivity index (χ2n) is 6.73. The van der Waals surface area contributed by atoms with Crippen molar-refractivity contribution in [2.24, 2.45) is 10.4 Å². The van der Waals surface area contributed by atoms with Crippen LogP contribution in [0.25, 0.3) is 5.41 Å².